The molecule has 9 aromatic rings. The summed E-state index contributed by atoms with van der Waals surface area (Å²) >= 11 is 1.86. The van der Waals surface area contributed by atoms with Crippen molar-refractivity contribution in [2.24, 2.45) is 0 Å². The summed E-state index contributed by atoms with van der Waals surface area (Å²) in [5, 5.41) is 8.78. The summed E-state index contributed by atoms with van der Waals surface area (Å²) in [5.41, 5.74) is 12.2. The number of nitrogens with one attached hydrogen (secondary N) is 1. The molecule has 2 aromatic heterocycles. The van der Waals surface area contributed by atoms with Gasteiger partial charge in [-0.2, -0.15) is 0 Å². The van der Waals surface area contributed by atoms with Gasteiger partial charge in [-0.15, -0.1) is 11.3 Å². The molecule has 0 unspecified atom stereocenters. The number of para-hydroxylation sites is 2. The van der Waals surface area contributed by atoms with Crippen molar-refractivity contribution in [3.8, 4) is 16.8 Å². The zero-order chi connectivity index (χ0) is 35.0. The summed E-state index contributed by atoms with van der Waals surface area (Å²) < 4.78 is 5.03. The molecule has 52 heavy (non-hydrogen) atoms. The second-order valence-corrected chi connectivity index (χ2v) is 14.2. The Morgan fingerprint density at radius 2 is 1.33 bits per heavy atom. The van der Waals surface area contributed by atoms with Crippen LogP contribution in [-0.4, -0.2) is 4.57 Å². The predicted octanol–water partition coefficient (Wildman–Crippen LogP) is 14.2. The van der Waals surface area contributed by atoms with Crippen LogP contribution in [0, 0.1) is 0 Å². The van der Waals surface area contributed by atoms with Crippen LogP contribution in [0.25, 0.3) is 69.9 Å². The molecule has 0 saturated carbocycles. The summed E-state index contributed by atoms with van der Waals surface area (Å²) in [7, 11) is 0. The van der Waals surface area contributed by atoms with Crippen LogP contribution in [0.1, 0.15) is 18.1 Å². The Bertz CT molecular complexity index is 2850. The number of allylic oxidation sites excluding steroid dienone is 5. The smallest absolute Gasteiger partial charge is 0.0541 e. The van der Waals surface area contributed by atoms with E-state index in [0.29, 0.717) is 0 Å². The lowest BCUT2D eigenvalue weighted by Crippen LogP contribution is -1.95. The van der Waals surface area contributed by atoms with Crippen LogP contribution in [0.2, 0.25) is 0 Å². The number of fused-ring (bicyclic) bond motifs is 6. The maximum Gasteiger partial charge on any atom is 0.0541 e. The van der Waals surface area contributed by atoms with Gasteiger partial charge in [-0.25, -0.2) is 0 Å². The molecule has 0 radical (unpaired) electrons. The third-order valence-electron chi connectivity index (χ3n) is 9.82. The summed E-state index contributed by atoms with van der Waals surface area (Å²) in [4.78, 5) is 0. The minimum absolute atomic E-state index is 0.939. The number of rotatable bonds is 8. The highest BCUT2D eigenvalue weighted by Gasteiger charge is 2.15. The second-order valence-electron chi connectivity index (χ2n) is 13.1. The van der Waals surface area contributed by atoms with Crippen LogP contribution in [0.4, 0.5) is 11.4 Å². The molecule has 0 bridgehead atoms. The zero-order valence-electron chi connectivity index (χ0n) is 28.9. The highest BCUT2D eigenvalue weighted by molar-refractivity contribution is 7.25. The van der Waals surface area contributed by atoms with Gasteiger partial charge in [0.2, 0.25) is 0 Å². The summed E-state index contributed by atoms with van der Waals surface area (Å²) in [6, 6.07) is 58.6. The van der Waals surface area contributed by atoms with Crippen molar-refractivity contribution >= 4 is 75.8 Å². The molecule has 0 amide bonds. The normalized spacial score (nSPS) is 12.1. The summed E-state index contributed by atoms with van der Waals surface area (Å²) in [6.45, 7) is 6.65. The quantitative estimate of drug-likeness (QED) is 0.158. The Kier molecular flexibility index (Phi) is 8.11. The fraction of sp³-hybridized carbons (Fsp3) is 0.0204. The molecule has 3 heteroatoms. The Balaban J connectivity index is 1.09. The lowest BCUT2D eigenvalue weighted by atomic mass is 9.97. The van der Waals surface area contributed by atoms with Gasteiger partial charge in [0.1, 0.15) is 0 Å². The maximum absolute atomic E-state index is 4.58. The zero-order valence-corrected chi connectivity index (χ0v) is 29.7. The number of thiophene rings is 1. The van der Waals surface area contributed by atoms with Gasteiger partial charge in [-0.3, -0.25) is 0 Å². The topological polar surface area (TPSA) is 17.0 Å². The lowest BCUT2D eigenvalue weighted by molar-refractivity contribution is 1.19. The number of hydrogen-bond donors (Lipinski definition) is 1. The van der Waals surface area contributed by atoms with Crippen molar-refractivity contribution in [3.63, 3.8) is 0 Å². The largest absolute Gasteiger partial charge is 0.355 e. The van der Waals surface area contributed by atoms with E-state index in [2.05, 4.69) is 199 Å². The fourth-order valence-corrected chi connectivity index (χ4v) is 8.53. The van der Waals surface area contributed by atoms with Gasteiger partial charge >= 0.3 is 0 Å². The van der Waals surface area contributed by atoms with Crippen LogP contribution in [0.5, 0.6) is 0 Å². The van der Waals surface area contributed by atoms with Crippen LogP contribution >= 0.6 is 11.3 Å². The fourth-order valence-electron chi connectivity index (χ4n) is 7.39. The molecular weight excluding hydrogens is 649 g/mol. The Hall–Kier alpha value is -6.42. The van der Waals surface area contributed by atoms with Gasteiger partial charge in [-0.1, -0.05) is 128 Å². The van der Waals surface area contributed by atoms with Crippen molar-refractivity contribution in [1.82, 2.24) is 4.57 Å². The molecule has 9 rings (SSSR count). The first-order chi connectivity index (χ1) is 25.6. The minimum Gasteiger partial charge on any atom is -0.355 e. The minimum atomic E-state index is 0.939. The molecule has 0 aliphatic carbocycles. The molecular formula is C49H36N2S. The predicted molar refractivity (Wildman–Crippen MR) is 227 cm³/mol. The number of benzene rings is 7. The van der Waals surface area contributed by atoms with Crippen molar-refractivity contribution in [1.29, 1.82) is 0 Å². The average Bonchev–Trinajstić information content (AvgIpc) is 3.73. The first kappa shape index (κ1) is 31.6. The molecule has 7 aromatic carbocycles. The van der Waals surface area contributed by atoms with Gasteiger partial charge in [-0.05, 0) is 95.4 Å². The monoisotopic (exact) mass is 684 g/mol. The van der Waals surface area contributed by atoms with E-state index in [1.54, 1.807) is 0 Å². The first-order valence-electron chi connectivity index (χ1n) is 17.6. The molecule has 0 spiro atoms. The van der Waals surface area contributed by atoms with Crippen LogP contribution in [0.15, 0.2) is 189 Å². The van der Waals surface area contributed by atoms with Crippen LogP contribution < -0.4 is 5.32 Å². The van der Waals surface area contributed by atoms with E-state index in [9.17, 15) is 0 Å². The Morgan fingerprint density at radius 3 is 2.21 bits per heavy atom. The van der Waals surface area contributed by atoms with Gasteiger partial charge in [0.05, 0.1) is 11.0 Å². The van der Waals surface area contributed by atoms with Crippen molar-refractivity contribution in [2.45, 2.75) is 6.92 Å². The molecule has 2 nitrogen and oxygen atoms in total. The summed E-state index contributed by atoms with van der Waals surface area (Å²) in [5.74, 6) is 0. The standard InChI is InChI=1S/C49H36N2S/c1-3-14-35(29-33(2)40-19-7-10-22-45(40)50-38-18-13-17-36(30-38)34-15-5-4-6-16-34)37-25-28-47-44(31-37)41-20-8-11-23-46(41)51(47)39-26-27-43-42-21-9-12-24-48(42)52-49(43)32-39/h3-32,50H,2H2,1H3/b14-3?,35-29+. The van der Waals surface area contributed by atoms with Crippen molar-refractivity contribution in [3.05, 3.63) is 200 Å². The number of nitrogens with zero attached hydrogens (tertiary/aromatic N) is 1. The van der Waals surface area contributed by atoms with Gasteiger partial charge in [0.25, 0.3) is 0 Å². The maximum atomic E-state index is 4.58. The highest BCUT2D eigenvalue weighted by Crippen LogP contribution is 2.39. The van der Waals surface area contributed by atoms with Crippen molar-refractivity contribution in [2.75, 3.05) is 5.32 Å². The van der Waals surface area contributed by atoms with Crippen LogP contribution in [0.3, 0.4) is 0 Å². The molecule has 0 fully saturated rings. The molecule has 248 valence electrons. The van der Waals surface area contributed by atoms with Gasteiger partial charge in [0, 0.05) is 53.6 Å². The highest BCUT2D eigenvalue weighted by atomic mass is 32.1. The Morgan fingerprint density at radius 1 is 0.596 bits per heavy atom. The van der Waals surface area contributed by atoms with E-state index in [0.717, 1.165) is 33.6 Å². The van der Waals surface area contributed by atoms with E-state index in [-0.39, 0.29) is 0 Å². The average molecular weight is 685 g/mol. The second kappa shape index (κ2) is 13.4. The molecule has 0 saturated heterocycles. The first-order valence-corrected chi connectivity index (χ1v) is 18.5. The SMILES string of the molecule is C=C(/C=C(\C=CC)c1ccc2c(c1)c1ccccc1n2-c1ccc2c(c1)sc1ccccc12)c1ccccc1Nc1cccc(-c2ccccc2)c1. The number of anilines is 2. The summed E-state index contributed by atoms with van der Waals surface area (Å²) in [6.07, 6.45) is 6.49. The Labute approximate surface area is 307 Å². The van der Waals surface area contributed by atoms with Crippen molar-refractivity contribution < 1.29 is 0 Å². The molecule has 1 N–H and O–H groups in total. The number of hydrogen-bond acceptors (Lipinski definition) is 2. The third-order valence-corrected chi connectivity index (χ3v) is 11.0. The van der Waals surface area contributed by atoms with E-state index >= 15 is 0 Å². The van der Waals surface area contributed by atoms with E-state index in [4.69, 9.17) is 0 Å². The van der Waals surface area contributed by atoms with Gasteiger partial charge < -0.3 is 9.88 Å². The molecule has 0 aliphatic heterocycles. The molecule has 0 atom stereocenters. The number of aromatic nitrogens is 1. The molecule has 2 heterocycles. The van der Waals surface area contributed by atoms with E-state index < -0.39 is 0 Å². The third kappa shape index (κ3) is 5.72. The van der Waals surface area contributed by atoms with E-state index in [1.165, 1.54) is 58.8 Å². The molecule has 0 aliphatic rings. The van der Waals surface area contributed by atoms with E-state index in [1.807, 2.05) is 17.4 Å². The van der Waals surface area contributed by atoms with Crippen LogP contribution in [-0.2, 0) is 0 Å². The lowest BCUT2D eigenvalue weighted by Gasteiger charge is -2.14. The van der Waals surface area contributed by atoms with Gasteiger partial charge in [0.15, 0.2) is 0 Å².